The van der Waals surface area contributed by atoms with Crippen LogP contribution >= 0.6 is 11.3 Å². The van der Waals surface area contributed by atoms with Gasteiger partial charge in [-0.2, -0.15) is 0 Å². The van der Waals surface area contributed by atoms with Crippen LogP contribution in [0.3, 0.4) is 0 Å². The van der Waals surface area contributed by atoms with Crippen molar-refractivity contribution in [2.75, 3.05) is 6.61 Å². The highest BCUT2D eigenvalue weighted by molar-refractivity contribution is 7.11. The summed E-state index contributed by atoms with van der Waals surface area (Å²) in [7, 11) is 0. The molecule has 1 aromatic heterocycles. The van der Waals surface area contributed by atoms with Crippen LogP contribution in [0.2, 0.25) is 0 Å². The lowest BCUT2D eigenvalue weighted by Crippen LogP contribution is -2.44. The number of nitrogens with zero attached hydrogens (tertiary/aromatic N) is 1. The first-order valence-corrected chi connectivity index (χ1v) is 7.52. The smallest absolute Gasteiger partial charge is 0.319 e. The van der Waals surface area contributed by atoms with Crippen molar-refractivity contribution >= 4 is 23.1 Å². The Bertz CT molecular complexity index is 483. The SMILES string of the molecule is CCOC(=O)C1(Cc2cnc(C)s2)CCCCC1=O. The maximum absolute atomic E-state index is 12.3. The van der Waals surface area contributed by atoms with Crippen molar-refractivity contribution in [2.45, 2.75) is 46.0 Å². The van der Waals surface area contributed by atoms with Crippen molar-refractivity contribution in [1.82, 2.24) is 4.98 Å². The Morgan fingerprint density at radius 2 is 2.32 bits per heavy atom. The molecule has 1 atom stereocenters. The molecular formula is C14H19NO3S. The highest BCUT2D eigenvalue weighted by Crippen LogP contribution is 2.38. The Hall–Kier alpha value is -1.23. The molecule has 1 unspecified atom stereocenters. The summed E-state index contributed by atoms with van der Waals surface area (Å²) >= 11 is 1.55. The summed E-state index contributed by atoms with van der Waals surface area (Å²) in [6.07, 6.45) is 5.07. The fourth-order valence-corrected chi connectivity index (χ4v) is 3.53. The molecule has 0 aliphatic heterocycles. The van der Waals surface area contributed by atoms with Gasteiger partial charge in [-0.3, -0.25) is 9.59 Å². The van der Waals surface area contributed by atoms with Gasteiger partial charge in [0.05, 0.1) is 11.6 Å². The fourth-order valence-electron chi connectivity index (χ4n) is 2.62. The summed E-state index contributed by atoms with van der Waals surface area (Å²) in [6.45, 7) is 4.01. The number of rotatable bonds is 4. The van der Waals surface area contributed by atoms with Crippen LogP contribution in [0, 0.1) is 12.3 Å². The number of Topliss-reactive ketones (excluding diaryl/α,β-unsaturated/α-hetero) is 1. The number of hydrogen-bond acceptors (Lipinski definition) is 5. The zero-order chi connectivity index (χ0) is 13.9. The van der Waals surface area contributed by atoms with E-state index < -0.39 is 5.41 Å². The van der Waals surface area contributed by atoms with Gasteiger partial charge in [-0.25, -0.2) is 4.98 Å². The summed E-state index contributed by atoms with van der Waals surface area (Å²) in [5, 5.41) is 0.956. The number of hydrogen-bond donors (Lipinski definition) is 0. The molecule has 2 rings (SSSR count). The van der Waals surface area contributed by atoms with E-state index in [1.807, 2.05) is 6.92 Å². The third-order valence-electron chi connectivity index (χ3n) is 3.60. The summed E-state index contributed by atoms with van der Waals surface area (Å²) < 4.78 is 5.16. The minimum absolute atomic E-state index is 0.0308. The van der Waals surface area contributed by atoms with Crippen LogP contribution in [0.4, 0.5) is 0 Å². The van der Waals surface area contributed by atoms with E-state index in [1.54, 1.807) is 24.5 Å². The quantitative estimate of drug-likeness (QED) is 0.629. The molecule has 1 aliphatic rings. The van der Waals surface area contributed by atoms with Crippen molar-refractivity contribution in [2.24, 2.45) is 5.41 Å². The number of carbonyl (C=O) groups is 2. The summed E-state index contributed by atoms with van der Waals surface area (Å²) in [5.41, 5.74) is -0.965. The third-order valence-corrected chi connectivity index (χ3v) is 4.52. The van der Waals surface area contributed by atoms with Crippen LogP contribution in [0.5, 0.6) is 0 Å². The number of ketones is 1. The van der Waals surface area contributed by atoms with Crippen molar-refractivity contribution in [1.29, 1.82) is 0 Å². The molecule has 1 aliphatic carbocycles. The Balaban J connectivity index is 2.27. The number of carbonyl (C=O) groups excluding carboxylic acids is 2. The molecule has 0 amide bonds. The van der Waals surface area contributed by atoms with Crippen LogP contribution in [0.25, 0.3) is 0 Å². The maximum Gasteiger partial charge on any atom is 0.319 e. The van der Waals surface area contributed by atoms with Gasteiger partial charge in [-0.1, -0.05) is 6.42 Å². The number of esters is 1. The first-order chi connectivity index (χ1) is 9.08. The topological polar surface area (TPSA) is 56.3 Å². The normalized spacial score (nSPS) is 23.4. The Kier molecular flexibility index (Phi) is 4.34. The molecule has 1 aromatic rings. The predicted molar refractivity (Wildman–Crippen MR) is 73.1 cm³/mol. The van der Waals surface area contributed by atoms with E-state index in [2.05, 4.69) is 4.98 Å². The van der Waals surface area contributed by atoms with E-state index in [-0.39, 0.29) is 11.8 Å². The Morgan fingerprint density at radius 3 is 2.89 bits per heavy atom. The predicted octanol–water partition coefficient (Wildman–Crippen LogP) is 2.69. The summed E-state index contributed by atoms with van der Waals surface area (Å²) in [4.78, 5) is 29.8. The highest BCUT2D eigenvalue weighted by atomic mass is 32.1. The fraction of sp³-hybridized carbons (Fsp3) is 0.643. The van der Waals surface area contributed by atoms with Crippen molar-refractivity contribution in [3.8, 4) is 0 Å². The van der Waals surface area contributed by atoms with Gasteiger partial charge in [0.2, 0.25) is 0 Å². The number of thiazole rings is 1. The standard InChI is InChI=1S/C14H19NO3S/c1-3-18-13(17)14(7-5-4-6-12(14)16)8-11-9-15-10(2)19-11/h9H,3-8H2,1-2H3. The average Bonchev–Trinajstić information content (AvgIpc) is 2.78. The van der Waals surface area contributed by atoms with Gasteiger partial charge in [-0.15, -0.1) is 11.3 Å². The molecule has 4 nitrogen and oxygen atoms in total. The van der Waals surface area contributed by atoms with Crippen molar-refractivity contribution < 1.29 is 14.3 Å². The van der Waals surface area contributed by atoms with E-state index in [0.29, 0.717) is 25.9 Å². The monoisotopic (exact) mass is 281 g/mol. The summed E-state index contributed by atoms with van der Waals surface area (Å²) in [6, 6.07) is 0. The minimum Gasteiger partial charge on any atom is -0.465 e. The first kappa shape index (κ1) is 14.2. The molecule has 0 aromatic carbocycles. The van der Waals surface area contributed by atoms with Gasteiger partial charge < -0.3 is 4.74 Å². The van der Waals surface area contributed by atoms with Gasteiger partial charge in [0.15, 0.2) is 5.78 Å². The molecule has 19 heavy (non-hydrogen) atoms. The molecule has 1 heterocycles. The highest BCUT2D eigenvalue weighted by Gasteiger charge is 2.48. The van der Waals surface area contributed by atoms with Crippen LogP contribution < -0.4 is 0 Å². The van der Waals surface area contributed by atoms with E-state index in [4.69, 9.17) is 4.74 Å². The van der Waals surface area contributed by atoms with Crippen molar-refractivity contribution in [3.63, 3.8) is 0 Å². The van der Waals surface area contributed by atoms with Crippen LogP contribution in [0.15, 0.2) is 6.20 Å². The lowest BCUT2D eigenvalue weighted by Gasteiger charge is -2.32. The van der Waals surface area contributed by atoms with E-state index in [1.165, 1.54) is 0 Å². The van der Waals surface area contributed by atoms with Gasteiger partial charge in [0.1, 0.15) is 5.41 Å². The largest absolute Gasteiger partial charge is 0.465 e. The van der Waals surface area contributed by atoms with Gasteiger partial charge in [0, 0.05) is 23.9 Å². The molecule has 0 saturated heterocycles. The first-order valence-electron chi connectivity index (χ1n) is 6.70. The molecule has 0 spiro atoms. The second-order valence-corrected chi connectivity index (χ2v) is 6.27. The molecule has 0 radical (unpaired) electrons. The molecule has 0 bridgehead atoms. The molecular weight excluding hydrogens is 262 g/mol. The van der Waals surface area contributed by atoms with E-state index in [9.17, 15) is 9.59 Å². The number of aryl methyl sites for hydroxylation is 1. The van der Waals surface area contributed by atoms with Crippen molar-refractivity contribution in [3.05, 3.63) is 16.1 Å². The second kappa shape index (κ2) is 5.82. The molecule has 1 fully saturated rings. The van der Waals surface area contributed by atoms with Gasteiger partial charge >= 0.3 is 5.97 Å². The third kappa shape index (κ3) is 2.86. The average molecular weight is 281 g/mol. The second-order valence-electron chi connectivity index (χ2n) is 4.96. The Labute approximate surface area is 117 Å². The van der Waals surface area contributed by atoms with Gasteiger partial charge in [-0.05, 0) is 26.7 Å². The molecule has 5 heteroatoms. The molecule has 104 valence electrons. The summed E-state index contributed by atoms with van der Waals surface area (Å²) in [5.74, 6) is -0.325. The minimum atomic E-state index is -0.965. The number of aromatic nitrogens is 1. The zero-order valence-corrected chi connectivity index (χ0v) is 12.2. The lowest BCUT2D eigenvalue weighted by atomic mass is 9.70. The van der Waals surface area contributed by atoms with Gasteiger partial charge in [0.25, 0.3) is 0 Å². The van der Waals surface area contributed by atoms with E-state index >= 15 is 0 Å². The molecule has 0 N–H and O–H groups in total. The maximum atomic E-state index is 12.3. The van der Waals surface area contributed by atoms with Crippen LogP contribution in [0.1, 0.15) is 42.5 Å². The number of ether oxygens (including phenoxy) is 1. The van der Waals surface area contributed by atoms with E-state index in [0.717, 1.165) is 22.7 Å². The Morgan fingerprint density at radius 1 is 1.53 bits per heavy atom. The zero-order valence-electron chi connectivity index (χ0n) is 11.4. The molecule has 1 saturated carbocycles. The lowest BCUT2D eigenvalue weighted by molar-refractivity contribution is -0.162. The van der Waals surface area contributed by atoms with Crippen LogP contribution in [-0.4, -0.2) is 23.3 Å². The van der Waals surface area contributed by atoms with Crippen LogP contribution in [-0.2, 0) is 20.7 Å².